The molecule has 0 saturated carbocycles. The van der Waals surface area contributed by atoms with E-state index in [-0.39, 0.29) is 6.04 Å². The van der Waals surface area contributed by atoms with Gasteiger partial charge in [0.25, 0.3) is 0 Å². The van der Waals surface area contributed by atoms with Crippen molar-refractivity contribution in [1.82, 2.24) is 5.32 Å². The van der Waals surface area contributed by atoms with Crippen molar-refractivity contribution in [3.63, 3.8) is 0 Å². The Labute approximate surface area is 134 Å². The monoisotopic (exact) mass is 327 g/mol. The molecule has 0 aliphatic carbocycles. The van der Waals surface area contributed by atoms with Crippen LogP contribution in [0.2, 0.25) is 15.1 Å². The lowest BCUT2D eigenvalue weighted by Gasteiger charge is -2.17. The smallest absolute Gasteiger partial charge is 0.0468 e. The first-order valence-corrected chi connectivity index (χ1v) is 7.54. The summed E-state index contributed by atoms with van der Waals surface area (Å²) < 4.78 is 0. The SMILES string of the molecule is Cc1cc(Cl)ccc1CNC(C)c1ccc(Cl)cc1Cl. The average Bonchev–Trinajstić information content (AvgIpc) is 2.37. The molecule has 0 heterocycles. The molecule has 0 bridgehead atoms. The van der Waals surface area contributed by atoms with Gasteiger partial charge in [-0.1, -0.05) is 46.9 Å². The lowest BCUT2D eigenvalue weighted by molar-refractivity contribution is 0.573. The lowest BCUT2D eigenvalue weighted by Crippen LogP contribution is -2.19. The topological polar surface area (TPSA) is 12.0 Å². The molecule has 2 aromatic rings. The molecular formula is C16H16Cl3N. The zero-order valence-corrected chi connectivity index (χ0v) is 13.7. The Kier molecular flexibility index (Phi) is 5.34. The largest absolute Gasteiger partial charge is 0.306 e. The van der Waals surface area contributed by atoms with Gasteiger partial charge in [-0.3, -0.25) is 0 Å². The van der Waals surface area contributed by atoms with Crippen LogP contribution in [0.25, 0.3) is 0 Å². The summed E-state index contributed by atoms with van der Waals surface area (Å²) in [7, 11) is 0. The first-order valence-electron chi connectivity index (χ1n) is 6.40. The Morgan fingerprint density at radius 2 is 1.65 bits per heavy atom. The molecule has 0 fully saturated rings. The van der Waals surface area contributed by atoms with E-state index in [9.17, 15) is 0 Å². The minimum Gasteiger partial charge on any atom is -0.306 e. The zero-order chi connectivity index (χ0) is 14.7. The van der Waals surface area contributed by atoms with E-state index in [2.05, 4.69) is 19.2 Å². The van der Waals surface area contributed by atoms with Crippen LogP contribution in [0.1, 0.15) is 29.7 Å². The van der Waals surface area contributed by atoms with E-state index in [0.717, 1.165) is 17.1 Å². The minimum absolute atomic E-state index is 0.148. The van der Waals surface area contributed by atoms with Crippen molar-refractivity contribution in [2.75, 3.05) is 0 Å². The zero-order valence-electron chi connectivity index (χ0n) is 11.4. The summed E-state index contributed by atoms with van der Waals surface area (Å²) in [5.74, 6) is 0. The molecule has 4 heteroatoms. The highest BCUT2D eigenvalue weighted by atomic mass is 35.5. The van der Waals surface area contributed by atoms with E-state index in [0.29, 0.717) is 10.0 Å². The van der Waals surface area contributed by atoms with Crippen LogP contribution in [0.5, 0.6) is 0 Å². The number of rotatable bonds is 4. The highest BCUT2D eigenvalue weighted by Gasteiger charge is 2.10. The van der Waals surface area contributed by atoms with Gasteiger partial charge in [0.1, 0.15) is 0 Å². The van der Waals surface area contributed by atoms with Crippen molar-refractivity contribution in [3.8, 4) is 0 Å². The fourth-order valence-corrected chi connectivity index (χ4v) is 2.88. The van der Waals surface area contributed by atoms with E-state index in [1.165, 1.54) is 11.1 Å². The Morgan fingerprint density at radius 3 is 2.30 bits per heavy atom. The summed E-state index contributed by atoms with van der Waals surface area (Å²) in [6.07, 6.45) is 0. The predicted octanol–water partition coefficient (Wildman–Crippen LogP) is 5.81. The van der Waals surface area contributed by atoms with E-state index >= 15 is 0 Å². The molecule has 2 aromatic carbocycles. The fourth-order valence-electron chi connectivity index (χ4n) is 2.08. The summed E-state index contributed by atoms with van der Waals surface area (Å²) in [6, 6.07) is 11.6. The molecule has 0 aromatic heterocycles. The Hall–Kier alpha value is -0.730. The van der Waals surface area contributed by atoms with Gasteiger partial charge in [-0.05, 0) is 54.8 Å². The van der Waals surface area contributed by atoms with Crippen molar-refractivity contribution in [3.05, 3.63) is 68.2 Å². The molecule has 0 spiro atoms. The Morgan fingerprint density at radius 1 is 1.00 bits per heavy atom. The molecule has 2 rings (SSSR count). The van der Waals surface area contributed by atoms with Crippen LogP contribution in [0, 0.1) is 6.92 Å². The van der Waals surface area contributed by atoms with Crippen LogP contribution in [-0.2, 0) is 6.54 Å². The molecule has 20 heavy (non-hydrogen) atoms. The van der Waals surface area contributed by atoms with E-state index in [1.807, 2.05) is 30.3 Å². The van der Waals surface area contributed by atoms with Crippen molar-refractivity contribution in [2.45, 2.75) is 26.4 Å². The van der Waals surface area contributed by atoms with E-state index in [1.54, 1.807) is 6.07 Å². The van der Waals surface area contributed by atoms with Crippen LogP contribution in [0.15, 0.2) is 36.4 Å². The second-order valence-corrected chi connectivity index (χ2v) is 6.12. The first-order chi connectivity index (χ1) is 9.47. The quantitative estimate of drug-likeness (QED) is 0.747. The first kappa shape index (κ1) is 15.7. The van der Waals surface area contributed by atoms with Crippen molar-refractivity contribution in [2.24, 2.45) is 0 Å². The molecule has 0 aliphatic heterocycles. The van der Waals surface area contributed by atoms with Crippen LogP contribution < -0.4 is 5.32 Å². The molecule has 1 unspecified atom stereocenters. The molecule has 1 nitrogen and oxygen atoms in total. The van der Waals surface area contributed by atoms with Crippen molar-refractivity contribution in [1.29, 1.82) is 0 Å². The third kappa shape index (κ3) is 3.89. The number of nitrogens with one attached hydrogen (secondary N) is 1. The number of aryl methyl sites for hydroxylation is 1. The third-order valence-electron chi connectivity index (χ3n) is 3.33. The van der Waals surface area contributed by atoms with Gasteiger partial charge in [-0.2, -0.15) is 0 Å². The number of hydrogen-bond acceptors (Lipinski definition) is 1. The summed E-state index contributed by atoms with van der Waals surface area (Å²) in [4.78, 5) is 0. The summed E-state index contributed by atoms with van der Waals surface area (Å²) >= 11 is 18.1. The molecule has 1 atom stereocenters. The highest BCUT2D eigenvalue weighted by molar-refractivity contribution is 6.35. The standard InChI is InChI=1S/C16H16Cl3N/c1-10-7-13(17)4-3-12(10)9-20-11(2)15-6-5-14(18)8-16(15)19/h3-8,11,20H,9H2,1-2H3. The van der Waals surface area contributed by atoms with E-state index in [4.69, 9.17) is 34.8 Å². The maximum Gasteiger partial charge on any atom is 0.0468 e. The maximum atomic E-state index is 6.22. The summed E-state index contributed by atoms with van der Waals surface area (Å²) in [5, 5.41) is 5.57. The fraction of sp³-hybridized carbons (Fsp3) is 0.250. The predicted molar refractivity (Wildman–Crippen MR) is 87.9 cm³/mol. The molecule has 1 N–H and O–H groups in total. The van der Waals surface area contributed by atoms with Gasteiger partial charge in [0, 0.05) is 27.7 Å². The summed E-state index contributed by atoms with van der Waals surface area (Å²) in [5.41, 5.74) is 3.45. The second kappa shape index (κ2) is 6.82. The number of benzene rings is 2. The number of halogens is 3. The van der Waals surface area contributed by atoms with Crippen LogP contribution in [0.4, 0.5) is 0 Å². The Balaban J connectivity index is 2.06. The van der Waals surface area contributed by atoms with Crippen LogP contribution in [0.3, 0.4) is 0 Å². The van der Waals surface area contributed by atoms with E-state index < -0.39 is 0 Å². The lowest BCUT2D eigenvalue weighted by atomic mass is 10.1. The molecule has 0 saturated heterocycles. The van der Waals surface area contributed by atoms with Crippen molar-refractivity contribution >= 4 is 34.8 Å². The minimum atomic E-state index is 0.148. The molecule has 0 radical (unpaired) electrons. The van der Waals surface area contributed by atoms with Gasteiger partial charge in [0.2, 0.25) is 0 Å². The maximum absolute atomic E-state index is 6.22. The molecule has 106 valence electrons. The molecule has 0 aliphatic rings. The van der Waals surface area contributed by atoms with Gasteiger partial charge < -0.3 is 5.32 Å². The highest BCUT2D eigenvalue weighted by Crippen LogP contribution is 2.26. The van der Waals surface area contributed by atoms with Gasteiger partial charge in [0.15, 0.2) is 0 Å². The summed E-state index contributed by atoms with van der Waals surface area (Å²) in [6.45, 7) is 4.91. The second-order valence-electron chi connectivity index (χ2n) is 4.84. The third-order valence-corrected chi connectivity index (χ3v) is 4.13. The number of hydrogen-bond donors (Lipinski definition) is 1. The normalized spacial score (nSPS) is 12.4. The van der Waals surface area contributed by atoms with Crippen LogP contribution in [-0.4, -0.2) is 0 Å². The Bertz CT molecular complexity index is 611. The van der Waals surface area contributed by atoms with Crippen LogP contribution >= 0.6 is 34.8 Å². The molecular weight excluding hydrogens is 313 g/mol. The van der Waals surface area contributed by atoms with Gasteiger partial charge in [0.05, 0.1) is 0 Å². The van der Waals surface area contributed by atoms with Gasteiger partial charge >= 0.3 is 0 Å². The molecule has 0 amide bonds. The average molecular weight is 329 g/mol. The van der Waals surface area contributed by atoms with Gasteiger partial charge in [-0.15, -0.1) is 0 Å². The van der Waals surface area contributed by atoms with Crippen molar-refractivity contribution < 1.29 is 0 Å². The van der Waals surface area contributed by atoms with Gasteiger partial charge in [-0.25, -0.2) is 0 Å².